The van der Waals surface area contributed by atoms with Crippen LogP contribution in [-0.4, -0.2) is 23.5 Å². The van der Waals surface area contributed by atoms with E-state index in [1.54, 1.807) is 23.9 Å². The molecule has 1 aromatic carbocycles. The summed E-state index contributed by atoms with van der Waals surface area (Å²) in [6.45, 7) is 1.03. The van der Waals surface area contributed by atoms with Crippen LogP contribution in [0, 0.1) is 5.82 Å². The van der Waals surface area contributed by atoms with Crippen molar-refractivity contribution in [3.05, 3.63) is 51.0 Å². The highest BCUT2D eigenvalue weighted by Crippen LogP contribution is 2.28. The van der Waals surface area contributed by atoms with Crippen LogP contribution in [0.4, 0.5) is 4.39 Å². The maximum absolute atomic E-state index is 13.6. The first-order chi connectivity index (χ1) is 9.54. The zero-order valence-corrected chi connectivity index (χ0v) is 13.2. The van der Waals surface area contributed by atoms with Gasteiger partial charge in [0.05, 0.1) is 40.6 Å². The second-order valence-corrected chi connectivity index (χ2v) is 5.51. The molecule has 4 nitrogen and oxygen atoms in total. The molecule has 0 radical (unpaired) electrons. The van der Waals surface area contributed by atoms with Crippen molar-refractivity contribution in [2.24, 2.45) is 5.73 Å². The number of nitrogens with two attached hydrogens (primary N) is 1. The Balaban J connectivity index is 2.34. The molecule has 1 aromatic heterocycles. The largest absolute Gasteiger partial charge is 0.383 e. The van der Waals surface area contributed by atoms with Gasteiger partial charge in [0.25, 0.3) is 0 Å². The van der Waals surface area contributed by atoms with Gasteiger partial charge in [-0.05, 0) is 33.6 Å². The van der Waals surface area contributed by atoms with E-state index < -0.39 is 6.04 Å². The van der Waals surface area contributed by atoms with Crippen LogP contribution in [0.1, 0.15) is 17.3 Å². The number of hydrogen-bond donors (Lipinski definition) is 1. The lowest BCUT2D eigenvalue weighted by molar-refractivity contribution is 0.182. The van der Waals surface area contributed by atoms with E-state index in [9.17, 15) is 4.39 Å². The maximum atomic E-state index is 13.6. The molecule has 0 fully saturated rings. The molecule has 1 heterocycles. The van der Waals surface area contributed by atoms with Gasteiger partial charge in [-0.15, -0.1) is 0 Å². The smallest absolute Gasteiger partial charge is 0.137 e. The lowest BCUT2D eigenvalue weighted by Crippen LogP contribution is -2.19. The second-order valence-electron chi connectivity index (χ2n) is 4.24. The van der Waals surface area contributed by atoms with E-state index in [1.807, 2.05) is 0 Å². The van der Waals surface area contributed by atoms with Crippen LogP contribution in [0.5, 0.6) is 0 Å². The predicted octanol–water partition coefficient (Wildman–Crippen LogP) is 3.13. The number of aromatic nitrogens is 2. The minimum absolute atomic E-state index is 0.364. The molecule has 0 aliphatic rings. The van der Waals surface area contributed by atoms with Gasteiger partial charge in [-0.2, -0.15) is 5.10 Å². The molecule has 2 aromatic rings. The van der Waals surface area contributed by atoms with Crippen LogP contribution in [0.25, 0.3) is 0 Å². The van der Waals surface area contributed by atoms with E-state index in [0.29, 0.717) is 33.9 Å². The lowest BCUT2D eigenvalue weighted by atomic mass is 10.0. The van der Waals surface area contributed by atoms with Crippen LogP contribution in [0.2, 0.25) is 5.02 Å². The van der Waals surface area contributed by atoms with Crippen LogP contribution < -0.4 is 5.73 Å². The molecular formula is C13H14BrClFN3O. The molecule has 20 heavy (non-hydrogen) atoms. The normalized spacial score (nSPS) is 12.7. The summed E-state index contributed by atoms with van der Waals surface area (Å²) in [5.41, 5.74) is 7.46. The maximum Gasteiger partial charge on any atom is 0.137 e. The minimum Gasteiger partial charge on any atom is -0.383 e. The average molecular weight is 363 g/mol. The Hall–Kier alpha value is -0.950. The average Bonchev–Trinajstić information content (AvgIpc) is 2.80. The third-order valence-electron chi connectivity index (χ3n) is 2.94. The lowest BCUT2D eigenvalue weighted by Gasteiger charge is -2.15. The highest BCUT2D eigenvalue weighted by molar-refractivity contribution is 9.10. The molecule has 1 atom stereocenters. The number of nitrogens with zero attached hydrogens (tertiary/aromatic N) is 2. The van der Waals surface area contributed by atoms with E-state index >= 15 is 0 Å². The SMILES string of the molecule is COCCn1ncc(Cl)c1C(N)c1ccc(Br)c(F)c1. The van der Waals surface area contributed by atoms with Crippen molar-refractivity contribution >= 4 is 27.5 Å². The Kier molecular flexibility index (Phi) is 5.15. The molecule has 2 N–H and O–H groups in total. The first kappa shape index (κ1) is 15.4. The summed E-state index contributed by atoms with van der Waals surface area (Å²) in [5.74, 6) is -0.364. The molecule has 0 aliphatic heterocycles. The summed E-state index contributed by atoms with van der Waals surface area (Å²) in [5, 5.41) is 4.62. The number of rotatable bonds is 5. The van der Waals surface area contributed by atoms with Crippen molar-refractivity contribution in [3.63, 3.8) is 0 Å². The fourth-order valence-corrected chi connectivity index (χ4v) is 2.41. The topological polar surface area (TPSA) is 53.1 Å². The number of methoxy groups -OCH3 is 1. The first-order valence-corrected chi connectivity index (χ1v) is 7.12. The fraction of sp³-hybridized carbons (Fsp3) is 0.308. The van der Waals surface area contributed by atoms with Crippen LogP contribution in [-0.2, 0) is 11.3 Å². The van der Waals surface area contributed by atoms with Crippen LogP contribution in [0.3, 0.4) is 0 Å². The number of hydrogen-bond acceptors (Lipinski definition) is 3. The zero-order chi connectivity index (χ0) is 14.7. The summed E-state index contributed by atoms with van der Waals surface area (Å²) in [7, 11) is 1.61. The molecular weight excluding hydrogens is 349 g/mol. The van der Waals surface area contributed by atoms with Gasteiger partial charge in [-0.25, -0.2) is 4.39 Å². The molecule has 0 bridgehead atoms. The van der Waals surface area contributed by atoms with Crippen molar-refractivity contribution in [1.82, 2.24) is 9.78 Å². The molecule has 7 heteroatoms. The molecule has 0 saturated heterocycles. The Bertz CT molecular complexity index is 605. The third-order valence-corrected chi connectivity index (χ3v) is 3.87. The van der Waals surface area contributed by atoms with Crippen molar-refractivity contribution in [1.29, 1.82) is 0 Å². The Morgan fingerprint density at radius 2 is 2.30 bits per heavy atom. The van der Waals surface area contributed by atoms with E-state index in [1.165, 1.54) is 12.3 Å². The highest BCUT2D eigenvalue weighted by Gasteiger charge is 2.19. The van der Waals surface area contributed by atoms with E-state index in [2.05, 4.69) is 21.0 Å². The van der Waals surface area contributed by atoms with Crippen molar-refractivity contribution in [2.45, 2.75) is 12.6 Å². The monoisotopic (exact) mass is 361 g/mol. The van der Waals surface area contributed by atoms with Crippen molar-refractivity contribution in [3.8, 4) is 0 Å². The standard InChI is InChI=1S/C13H14BrClFN3O/c1-20-5-4-19-13(10(15)7-18-19)12(17)8-2-3-9(14)11(16)6-8/h2-3,6-7,12H,4-5,17H2,1H3. The summed E-state index contributed by atoms with van der Waals surface area (Å²) in [6, 6.07) is 4.21. The third kappa shape index (κ3) is 3.20. The van der Waals surface area contributed by atoms with Gasteiger partial charge in [0.2, 0.25) is 0 Å². The Morgan fingerprint density at radius 3 is 2.95 bits per heavy atom. The van der Waals surface area contributed by atoms with E-state index in [0.717, 1.165) is 0 Å². The van der Waals surface area contributed by atoms with Crippen molar-refractivity contribution < 1.29 is 9.13 Å². The molecule has 0 spiro atoms. The van der Waals surface area contributed by atoms with Crippen LogP contribution in [0.15, 0.2) is 28.9 Å². The zero-order valence-electron chi connectivity index (χ0n) is 10.8. The summed E-state index contributed by atoms with van der Waals surface area (Å²) in [6.07, 6.45) is 1.53. The molecule has 0 saturated carbocycles. The van der Waals surface area contributed by atoms with Gasteiger partial charge in [-0.1, -0.05) is 17.7 Å². The highest BCUT2D eigenvalue weighted by atomic mass is 79.9. The molecule has 2 rings (SSSR count). The van der Waals surface area contributed by atoms with Gasteiger partial charge >= 0.3 is 0 Å². The summed E-state index contributed by atoms with van der Waals surface area (Å²) < 4.78 is 20.7. The fourth-order valence-electron chi connectivity index (χ4n) is 1.90. The van der Waals surface area contributed by atoms with E-state index in [4.69, 9.17) is 22.1 Å². The van der Waals surface area contributed by atoms with Gasteiger partial charge in [0.1, 0.15) is 5.82 Å². The minimum atomic E-state index is -0.551. The number of halogens is 3. The van der Waals surface area contributed by atoms with E-state index in [-0.39, 0.29) is 5.82 Å². The molecule has 0 aliphatic carbocycles. The second kappa shape index (κ2) is 6.67. The summed E-state index contributed by atoms with van der Waals surface area (Å²) in [4.78, 5) is 0. The van der Waals surface area contributed by atoms with Crippen LogP contribution >= 0.6 is 27.5 Å². The molecule has 1 unspecified atom stereocenters. The van der Waals surface area contributed by atoms with Gasteiger partial charge in [-0.3, -0.25) is 4.68 Å². The quantitative estimate of drug-likeness (QED) is 0.889. The molecule has 0 amide bonds. The number of ether oxygens (including phenoxy) is 1. The van der Waals surface area contributed by atoms with Gasteiger partial charge in [0, 0.05) is 7.11 Å². The summed E-state index contributed by atoms with van der Waals surface area (Å²) >= 11 is 9.25. The van der Waals surface area contributed by atoms with Crippen molar-refractivity contribution in [2.75, 3.05) is 13.7 Å². The van der Waals surface area contributed by atoms with Gasteiger partial charge < -0.3 is 10.5 Å². The Morgan fingerprint density at radius 1 is 1.55 bits per heavy atom. The number of benzene rings is 1. The first-order valence-electron chi connectivity index (χ1n) is 5.95. The van der Waals surface area contributed by atoms with Gasteiger partial charge in [0.15, 0.2) is 0 Å². The predicted molar refractivity (Wildman–Crippen MR) is 79.2 cm³/mol. The Labute approximate surface area is 129 Å². The molecule has 108 valence electrons.